The summed E-state index contributed by atoms with van der Waals surface area (Å²) in [6.07, 6.45) is -4.31. The van der Waals surface area contributed by atoms with Gasteiger partial charge in [0.2, 0.25) is 0 Å². The Kier molecular flexibility index (Phi) is 7.19. The Labute approximate surface area is 194 Å². The van der Waals surface area contributed by atoms with Crippen LogP contribution in [0.2, 0.25) is 0 Å². The molecule has 0 spiro atoms. The minimum Gasteiger partial charge on any atom is -0.393 e. The van der Waals surface area contributed by atoms with Gasteiger partial charge < -0.3 is 30.1 Å². The zero-order chi connectivity index (χ0) is 24.4. The molecule has 4 rings (SSSR count). The molecule has 2 atom stereocenters. The molecule has 1 saturated heterocycles. The summed E-state index contributed by atoms with van der Waals surface area (Å²) in [7, 11) is 0. The highest BCUT2D eigenvalue weighted by Gasteiger charge is 2.33. The number of anilines is 1. The van der Waals surface area contributed by atoms with Crippen molar-refractivity contribution < 1.29 is 32.9 Å². The maximum absolute atomic E-state index is 14.7. The largest absolute Gasteiger partial charge is 0.393 e. The van der Waals surface area contributed by atoms with E-state index in [1.54, 1.807) is 16.7 Å². The number of morpholine rings is 1. The zero-order valence-corrected chi connectivity index (χ0v) is 18.5. The van der Waals surface area contributed by atoms with Crippen molar-refractivity contribution in [2.75, 3.05) is 38.2 Å². The van der Waals surface area contributed by atoms with Crippen molar-refractivity contribution in [1.82, 2.24) is 19.8 Å². The van der Waals surface area contributed by atoms with E-state index in [0.717, 1.165) is 6.07 Å². The van der Waals surface area contributed by atoms with Gasteiger partial charge in [0, 0.05) is 24.2 Å². The molecule has 0 bridgehead atoms. The lowest BCUT2D eigenvalue weighted by atomic mass is 10.0. The molecular weight excluding hydrogens is 455 g/mol. The first-order valence-electron chi connectivity index (χ1n) is 10.9. The normalized spacial score (nSPS) is 17.6. The number of hydrogen-bond donors (Lipinski definition) is 3. The van der Waals surface area contributed by atoms with Gasteiger partial charge in [0.25, 0.3) is 6.43 Å². The Morgan fingerprint density at radius 2 is 1.88 bits per heavy atom. The third-order valence-corrected chi connectivity index (χ3v) is 5.94. The summed E-state index contributed by atoms with van der Waals surface area (Å²) in [5.74, 6) is -0.833. The van der Waals surface area contributed by atoms with Crippen LogP contribution in [0, 0.1) is 5.82 Å². The first kappa shape index (κ1) is 24.2. The van der Waals surface area contributed by atoms with Crippen LogP contribution in [0.25, 0.3) is 0 Å². The first-order chi connectivity index (χ1) is 16.3. The third-order valence-electron chi connectivity index (χ3n) is 5.94. The first-order valence-corrected chi connectivity index (χ1v) is 10.9. The monoisotopic (exact) mass is 481 g/mol. The van der Waals surface area contributed by atoms with Gasteiger partial charge in [0.15, 0.2) is 5.82 Å². The number of alkyl halides is 2. The van der Waals surface area contributed by atoms with Gasteiger partial charge in [-0.05, 0) is 6.92 Å². The number of ether oxygens (including phenoxy) is 1. The van der Waals surface area contributed by atoms with Crippen LogP contribution in [-0.4, -0.2) is 68.9 Å². The Morgan fingerprint density at radius 3 is 2.56 bits per heavy atom. The van der Waals surface area contributed by atoms with Crippen LogP contribution in [0.5, 0.6) is 0 Å². The van der Waals surface area contributed by atoms with Gasteiger partial charge >= 0.3 is 6.03 Å². The second-order valence-corrected chi connectivity index (χ2v) is 8.21. The van der Waals surface area contributed by atoms with Crippen molar-refractivity contribution in [3.8, 4) is 0 Å². The molecule has 34 heavy (non-hydrogen) atoms. The van der Waals surface area contributed by atoms with Gasteiger partial charge in [-0.3, -0.25) is 0 Å². The standard InChI is InChI=1S/C22H26F3N5O4/c1-12(13-3-2-4-14(18(13)23)19(24)25)26-20-15-9-30(22(33)29-5-7-34-8-6-29)10-16(15)27-21(28-20)17(32)11-31/h2-4,12,17,19,31-32H,5-11H2,1H3,(H,26,27,28)/t12-,17?/m1/s1. The quantitative estimate of drug-likeness (QED) is 0.582. The molecule has 1 fully saturated rings. The van der Waals surface area contributed by atoms with Crippen LogP contribution in [0.1, 0.15) is 53.7 Å². The van der Waals surface area contributed by atoms with E-state index in [1.807, 2.05) is 0 Å². The minimum atomic E-state index is -2.96. The second kappa shape index (κ2) is 10.1. The number of aliphatic hydroxyl groups excluding tert-OH is 2. The molecule has 2 aromatic rings. The average molecular weight is 481 g/mol. The van der Waals surface area contributed by atoms with Crippen LogP contribution < -0.4 is 5.32 Å². The highest BCUT2D eigenvalue weighted by atomic mass is 19.3. The molecule has 1 unspecified atom stereocenters. The van der Waals surface area contributed by atoms with E-state index >= 15 is 0 Å². The number of urea groups is 1. The highest BCUT2D eigenvalue weighted by molar-refractivity contribution is 5.76. The van der Waals surface area contributed by atoms with E-state index in [-0.39, 0.29) is 36.3 Å². The minimum absolute atomic E-state index is 0.0219. The summed E-state index contributed by atoms with van der Waals surface area (Å²) in [5.41, 5.74) is 0.384. The molecule has 0 saturated carbocycles. The Morgan fingerprint density at radius 1 is 1.18 bits per heavy atom. The number of aliphatic hydroxyl groups is 2. The molecular formula is C22H26F3N5O4. The highest BCUT2D eigenvalue weighted by Crippen LogP contribution is 2.33. The molecule has 1 aromatic heterocycles. The van der Waals surface area contributed by atoms with E-state index in [1.165, 1.54) is 12.1 Å². The molecule has 9 nitrogen and oxygen atoms in total. The maximum atomic E-state index is 14.7. The molecule has 3 heterocycles. The molecule has 2 aliphatic heterocycles. The van der Waals surface area contributed by atoms with Gasteiger partial charge in [-0.2, -0.15) is 0 Å². The summed E-state index contributed by atoms with van der Waals surface area (Å²) < 4.78 is 46.3. The number of nitrogens with one attached hydrogen (secondary N) is 1. The SMILES string of the molecule is C[C@@H](Nc1nc(C(O)CO)nc2c1CN(C(=O)N1CCOCC1)C2)c1cccc(C(F)F)c1F. The molecule has 1 aromatic carbocycles. The zero-order valence-electron chi connectivity index (χ0n) is 18.5. The number of fused-ring (bicyclic) bond motifs is 1. The van der Waals surface area contributed by atoms with E-state index in [9.17, 15) is 28.2 Å². The molecule has 184 valence electrons. The number of benzene rings is 1. The van der Waals surface area contributed by atoms with Crippen LogP contribution >= 0.6 is 0 Å². The Hall–Kier alpha value is -2.96. The number of amides is 2. The molecule has 0 aliphatic carbocycles. The average Bonchev–Trinajstić information content (AvgIpc) is 3.28. The maximum Gasteiger partial charge on any atom is 0.320 e. The predicted octanol–water partition coefficient (Wildman–Crippen LogP) is 2.52. The van der Waals surface area contributed by atoms with E-state index in [0.29, 0.717) is 37.6 Å². The topological polar surface area (TPSA) is 111 Å². The van der Waals surface area contributed by atoms with Crippen LogP contribution in [0.3, 0.4) is 0 Å². The fourth-order valence-electron chi connectivity index (χ4n) is 4.07. The lowest BCUT2D eigenvalue weighted by Crippen LogP contribution is -2.46. The van der Waals surface area contributed by atoms with Crippen molar-refractivity contribution in [2.24, 2.45) is 0 Å². The number of carbonyl (C=O) groups is 1. The number of nitrogens with zero attached hydrogens (tertiary/aromatic N) is 4. The summed E-state index contributed by atoms with van der Waals surface area (Å²) in [5, 5.41) is 22.5. The smallest absolute Gasteiger partial charge is 0.320 e. The molecule has 0 radical (unpaired) electrons. The fraction of sp³-hybridized carbons (Fsp3) is 0.500. The van der Waals surface area contributed by atoms with Gasteiger partial charge in [-0.1, -0.05) is 18.2 Å². The number of aromatic nitrogens is 2. The molecule has 2 amide bonds. The number of carbonyl (C=O) groups excluding carboxylic acids is 1. The lowest BCUT2D eigenvalue weighted by Gasteiger charge is -2.30. The molecule has 2 aliphatic rings. The van der Waals surface area contributed by atoms with Crippen molar-refractivity contribution in [1.29, 1.82) is 0 Å². The van der Waals surface area contributed by atoms with Gasteiger partial charge in [0.05, 0.1) is 50.2 Å². The van der Waals surface area contributed by atoms with Gasteiger partial charge in [-0.15, -0.1) is 0 Å². The molecule has 12 heteroatoms. The van der Waals surface area contributed by atoms with Crippen molar-refractivity contribution >= 4 is 11.8 Å². The Balaban J connectivity index is 1.63. The van der Waals surface area contributed by atoms with E-state index in [2.05, 4.69) is 15.3 Å². The summed E-state index contributed by atoms with van der Waals surface area (Å²) in [6.45, 7) is 3.15. The van der Waals surface area contributed by atoms with Crippen molar-refractivity contribution in [3.63, 3.8) is 0 Å². The van der Waals surface area contributed by atoms with Crippen LogP contribution in [0.4, 0.5) is 23.8 Å². The van der Waals surface area contributed by atoms with E-state index in [4.69, 9.17) is 4.74 Å². The van der Waals surface area contributed by atoms with Crippen molar-refractivity contribution in [2.45, 2.75) is 38.6 Å². The van der Waals surface area contributed by atoms with Crippen LogP contribution in [0.15, 0.2) is 18.2 Å². The van der Waals surface area contributed by atoms with Crippen molar-refractivity contribution in [3.05, 3.63) is 52.2 Å². The lowest BCUT2D eigenvalue weighted by molar-refractivity contribution is 0.0429. The predicted molar refractivity (Wildman–Crippen MR) is 115 cm³/mol. The molecule has 3 N–H and O–H groups in total. The summed E-state index contributed by atoms with van der Waals surface area (Å²) >= 11 is 0. The fourth-order valence-corrected chi connectivity index (χ4v) is 4.07. The summed E-state index contributed by atoms with van der Waals surface area (Å²) in [6, 6.07) is 2.83. The number of halogens is 3. The van der Waals surface area contributed by atoms with E-state index < -0.39 is 36.6 Å². The van der Waals surface area contributed by atoms with Gasteiger partial charge in [-0.25, -0.2) is 27.9 Å². The third kappa shape index (κ3) is 4.79. The number of hydrogen-bond acceptors (Lipinski definition) is 7. The Bertz CT molecular complexity index is 1050. The van der Waals surface area contributed by atoms with Gasteiger partial charge in [0.1, 0.15) is 17.7 Å². The second-order valence-electron chi connectivity index (χ2n) is 8.21. The van der Waals surface area contributed by atoms with Crippen LogP contribution in [-0.2, 0) is 17.8 Å². The summed E-state index contributed by atoms with van der Waals surface area (Å²) in [4.78, 5) is 24.8. The number of rotatable bonds is 6.